The number of benzene rings is 3. The molecule has 0 aliphatic heterocycles. The van der Waals surface area contributed by atoms with Crippen molar-refractivity contribution in [2.24, 2.45) is 0 Å². The maximum absolute atomic E-state index is 13.8. The van der Waals surface area contributed by atoms with Crippen molar-refractivity contribution < 1.29 is 45.4 Å². The summed E-state index contributed by atoms with van der Waals surface area (Å²) in [6, 6.07) is 18.3. The summed E-state index contributed by atoms with van der Waals surface area (Å²) in [6.07, 6.45) is -3.42. The van der Waals surface area contributed by atoms with Gasteiger partial charge in [-0.15, -0.1) is 0 Å². The first kappa shape index (κ1) is 47.9. The Morgan fingerprint density at radius 1 is 0.691 bits per heavy atom. The first-order valence-corrected chi connectivity index (χ1v) is 22.4. The monoisotopic (exact) mass is 1010 g/mol. The van der Waals surface area contributed by atoms with E-state index in [2.05, 4.69) is 57.4 Å². The zero-order chi connectivity index (χ0) is 48.5. The maximum Gasteiger partial charge on any atom is 0.390 e. The van der Waals surface area contributed by atoms with Gasteiger partial charge in [0.05, 0.1) is 60.3 Å². The van der Waals surface area contributed by atoms with Crippen molar-refractivity contribution in [1.29, 1.82) is 0 Å². The van der Waals surface area contributed by atoms with E-state index in [1.54, 1.807) is 41.2 Å². The molecule has 13 nitrogen and oxygen atoms in total. The highest BCUT2D eigenvalue weighted by Crippen LogP contribution is 2.33. The van der Waals surface area contributed by atoms with E-state index >= 15 is 0 Å². The second-order valence-electron chi connectivity index (χ2n) is 16.7. The first-order chi connectivity index (χ1) is 32.3. The van der Waals surface area contributed by atoms with Gasteiger partial charge in [0.1, 0.15) is 10.4 Å². The summed E-state index contributed by atoms with van der Waals surface area (Å²) in [5, 5.41) is 30.4. The molecule has 7 aromatic rings. The predicted octanol–water partition coefficient (Wildman–Crippen LogP) is 9.98. The van der Waals surface area contributed by atoms with E-state index in [1.165, 1.54) is 28.8 Å². The van der Waals surface area contributed by atoms with Gasteiger partial charge in [0.15, 0.2) is 11.3 Å². The number of anilines is 2. The quantitative estimate of drug-likeness (QED) is 0.0668. The SMILES string of the molecule is Cc1cc(-c2cnc3c(NCCC(F)(F)F)cc(-c4ccc(F)cc4CO)nn23)ccc1C(=O)NC1CC1.Cc1cc(-c2cnc3c(NCCC(F)(F)F)cc(Br)nn23)ccc1C(=O)NC1CC1. The smallest absolute Gasteiger partial charge is 0.390 e. The fourth-order valence-electron chi connectivity index (χ4n) is 7.45. The Kier molecular flexibility index (Phi) is 13.8. The lowest BCUT2D eigenvalue weighted by atomic mass is 10.0. The highest BCUT2D eigenvalue weighted by atomic mass is 79.9. The molecular formula is C47H44BrF7N10O3. The average Bonchev–Trinajstić information content (AvgIpc) is 4.19. The second kappa shape index (κ2) is 19.5. The normalized spacial score (nSPS) is 13.9. The number of aromatic nitrogens is 6. The molecule has 68 heavy (non-hydrogen) atoms. The zero-order valence-corrected chi connectivity index (χ0v) is 38.1. The number of aliphatic hydroxyl groups is 1. The number of aliphatic hydroxyl groups excluding tert-OH is 1. The molecule has 0 radical (unpaired) electrons. The molecule has 3 aromatic carbocycles. The molecule has 2 saturated carbocycles. The second-order valence-corrected chi connectivity index (χ2v) is 17.5. The summed E-state index contributed by atoms with van der Waals surface area (Å²) >= 11 is 3.31. The van der Waals surface area contributed by atoms with E-state index in [1.807, 2.05) is 32.0 Å². The molecular weight excluding hydrogens is 965 g/mol. The molecule has 356 valence electrons. The summed E-state index contributed by atoms with van der Waals surface area (Å²) < 4.78 is 93.2. The van der Waals surface area contributed by atoms with Gasteiger partial charge in [-0.05, 0) is 127 Å². The van der Waals surface area contributed by atoms with Gasteiger partial charge in [-0.3, -0.25) is 9.59 Å². The van der Waals surface area contributed by atoms with Crippen LogP contribution in [0.4, 0.5) is 42.1 Å². The minimum absolute atomic E-state index is 0.0864. The maximum atomic E-state index is 13.8. The molecule has 0 spiro atoms. The van der Waals surface area contributed by atoms with Crippen molar-refractivity contribution in [2.75, 3.05) is 23.7 Å². The standard InChI is InChI=1S/C27H25F4N5O2.C20H19BrF3N5O/c1-15-10-16(2-6-20(15)26(38)34-19-4-5-19)24-13-33-25-23(32-9-8-27(29,30)31)12-22(35-36(24)25)21-7-3-18(28)11-17(21)14-37;1-11-8-12(2-5-14(11)19(30)27-13-3-4-13)16-10-26-18-15(9-17(21)28-29(16)18)25-7-6-20(22,23)24/h2-3,6-7,10-13,19,32,37H,4-5,8-9,14H2,1H3,(H,34,38);2,5,8-10,13,25H,3-4,6-7H2,1H3,(H,27,30). The molecule has 21 heteroatoms. The molecule has 0 bridgehead atoms. The Bertz CT molecular complexity index is 3020. The number of carbonyl (C=O) groups excluding carboxylic acids is 2. The van der Waals surface area contributed by atoms with E-state index in [-0.39, 0.29) is 42.6 Å². The molecule has 4 heterocycles. The molecule has 0 atom stereocenters. The van der Waals surface area contributed by atoms with Crippen LogP contribution in [0, 0.1) is 19.7 Å². The van der Waals surface area contributed by atoms with E-state index in [4.69, 9.17) is 0 Å². The van der Waals surface area contributed by atoms with Crippen LogP contribution in [-0.4, -0.2) is 83.6 Å². The van der Waals surface area contributed by atoms with Crippen LogP contribution in [0.3, 0.4) is 0 Å². The molecule has 2 fully saturated rings. The van der Waals surface area contributed by atoms with Gasteiger partial charge < -0.3 is 26.4 Å². The van der Waals surface area contributed by atoms with Crippen LogP contribution >= 0.6 is 15.9 Å². The molecule has 2 aliphatic carbocycles. The van der Waals surface area contributed by atoms with Crippen LogP contribution in [-0.2, 0) is 6.61 Å². The fraction of sp³-hybridized carbons (Fsp3) is 0.319. The summed E-state index contributed by atoms with van der Waals surface area (Å²) in [5.41, 5.74) is 7.94. The van der Waals surface area contributed by atoms with E-state index in [9.17, 15) is 45.4 Å². The number of halogens is 8. The van der Waals surface area contributed by atoms with Crippen molar-refractivity contribution in [2.45, 2.75) is 83.4 Å². The third kappa shape index (κ3) is 11.6. The minimum Gasteiger partial charge on any atom is -0.392 e. The third-order valence-electron chi connectivity index (χ3n) is 11.2. The lowest BCUT2D eigenvalue weighted by molar-refractivity contribution is -0.132. The largest absolute Gasteiger partial charge is 0.392 e. The Morgan fingerprint density at radius 2 is 1.18 bits per heavy atom. The lowest BCUT2D eigenvalue weighted by Crippen LogP contribution is -2.26. The topological polar surface area (TPSA) is 163 Å². The van der Waals surface area contributed by atoms with Gasteiger partial charge in [-0.2, -0.15) is 36.5 Å². The van der Waals surface area contributed by atoms with Crippen LogP contribution in [0.15, 0.2) is 83.7 Å². The van der Waals surface area contributed by atoms with Gasteiger partial charge in [0.25, 0.3) is 11.8 Å². The number of hydrogen-bond donors (Lipinski definition) is 5. The number of imidazole rings is 2. The van der Waals surface area contributed by atoms with E-state index in [0.29, 0.717) is 66.6 Å². The average molecular weight is 1010 g/mol. The summed E-state index contributed by atoms with van der Waals surface area (Å²) in [5.74, 6) is -0.761. The van der Waals surface area contributed by atoms with Crippen LogP contribution in [0.1, 0.15) is 75.9 Å². The number of hydrogen-bond acceptors (Lipinski definition) is 9. The zero-order valence-electron chi connectivity index (χ0n) is 36.5. The summed E-state index contributed by atoms with van der Waals surface area (Å²) in [6.45, 7) is 2.59. The molecule has 2 aliphatic rings. The van der Waals surface area contributed by atoms with E-state index < -0.39 is 37.6 Å². The van der Waals surface area contributed by atoms with Crippen molar-refractivity contribution in [3.63, 3.8) is 0 Å². The highest BCUT2D eigenvalue weighted by Gasteiger charge is 2.29. The number of fused-ring (bicyclic) bond motifs is 2. The summed E-state index contributed by atoms with van der Waals surface area (Å²) in [4.78, 5) is 33.6. The molecule has 0 saturated heterocycles. The Labute approximate surface area is 392 Å². The fourth-order valence-corrected chi connectivity index (χ4v) is 7.84. The van der Waals surface area contributed by atoms with Crippen molar-refractivity contribution in [3.8, 4) is 33.8 Å². The number of aryl methyl sites for hydroxylation is 2. The number of amides is 2. The Morgan fingerprint density at radius 3 is 1.63 bits per heavy atom. The molecule has 5 N–H and O–H groups in total. The van der Waals surface area contributed by atoms with E-state index in [0.717, 1.165) is 42.4 Å². The molecule has 4 aromatic heterocycles. The van der Waals surface area contributed by atoms with Crippen molar-refractivity contribution in [3.05, 3.63) is 117 Å². The predicted molar refractivity (Wildman–Crippen MR) is 245 cm³/mol. The minimum atomic E-state index is -4.34. The number of nitrogens with zero attached hydrogens (tertiary/aromatic N) is 6. The van der Waals surface area contributed by atoms with Crippen molar-refractivity contribution in [1.82, 2.24) is 39.8 Å². The summed E-state index contributed by atoms with van der Waals surface area (Å²) in [7, 11) is 0. The number of rotatable bonds is 14. The number of carbonyl (C=O) groups is 2. The van der Waals surface area contributed by atoms with Gasteiger partial charge in [0, 0.05) is 53.0 Å². The van der Waals surface area contributed by atoms with Crippen LogP contribution in [0.25, 0.3) is 45.1 Å². The van der Waals surface area contributed by atoms with Crippen LogP contribution < -0.4 is 21.3 Å². The van der Waals surface area contributed by atoms with Gasteiger partial charge in [-0.25, -0.2) is 23.4 Å². The lowest BCUT2D eigenvalue weighted by Gasteiger charge is -2.14. The number of alkyl halides is 6. The molecule has 9 rings (SSSR count). The Hall–Kier alpha value is -6.61. The van der Waals surface area contributed by atoms with Crippen LogP contribution in [0.2, 0.25) is 0 Å². The van der Waals surface area contributed by atoms with Gasteiger partial charge in [0.2, 0.25) is 0 Å². The van der Waals surface area contributed by atoms with Crippen molar-refractivity contribution >= 4 is 50.4 Å². The van der Waals surface area contributed by atoms with Crippen LogP contribution in [0.5, 0.6) is 0 Å². The molecule has 2 amide bonds. The Balaban J connectivity index is 0.000000189. The number of nitrogens with one attached hydrogen (secondary N) is 4. The third-order valence-corrected chi connectivity index (χ3v) is 11.6. The first-order valence-electron chi connectivity index (χ1n) is 21.6. The highest BCUT2D eigenvalue weighted by molar-refractivity contribution is 9.10. The van der Waals surface area contributed by atoms with Gasteiger partial charge in [-0.1, -0.05) is 12.1 Å². The van der Waals surface area contributed by atoms with Gasteiger partial charge >= 0.3 is 12.4 Å². The molecule has 0 unspecified atom stereocenters.